The maximum absolute atomic E-state index is 11.5. The first-order chi connectivity index (χ1) is 7.61. The second kappa shape index (κ2) is 4.57. The maximum Gasteiger partial charge on any atom is 0.267 e. The summed E-state index contributed by atoms with van der Waals surface area (Å²) in [7, 11) is 0. The molecule has 1 fully saturated rings. The second-order valence-corrected chi connectivity index (χ2v) is 5.31. The molecule has 0 bridgehead atoms. The van der Waals surface area contributed by atoms with Crippen molar-refractivity contribution in [3.8, 4) is 0 Å². The molecule has 2 rings (SSSR count). The van der Waals surface area contributed by atoms with E-state index in [4.69, 9.17) is 0 Å². The molecule has 1 aromatic rings. The highest BCUT2D eigenvalue weighted by Gasteiger charge is 2.29. The van der Waals surface area contributed by atoms with Crippen LogP contribution in [0.4, 0.5) is 5.82 Å². The van der Waals surface area contributed by atoms with Gasteiger partial charge in [-0.25, -0.2) is 4.98 Å². The Labute approximate surface area is 103 Å². The van der Waals surface area contributed by atoms with Gasteiger partial charge in [-0.1, -0.05) is 13.8 Å². The first kappa shape index (κ1) is 11.6. The van der Waals surface area contributed by atoms with Crippen molar-refractivity contribution in [2.24, 2.45) is 5.92 Å². The Morgan fingerprint density at radius 2 is 2.38 bits per heavy atom. The molecule has 1 aromatic heterocycles. The van der Waals surface area contributed by atoms with Crippen LogP contribution in [-0.4, -0.2) is 22.6 Å². The van der Waals surface area contributed by atoms with Crippen LogP contribution < -0.4 is 10.5 Å². The number of rotatable bonds is 2. The molecular weight excluding hydrogens is 270 g/mol. The fraction of sp³-hybridized carbons (Fsp3) is 0.636. The fourth-order valence-corrected chi connectivity index (χ4v) is 2.77. The van der Waals surface area contributed by atoms with Gasteiger partial charge in [0.2, 0.25) is 0 Å². The van der Waals surface area contributed by atoms with E-state index in [1.54, 1.807) is 0 Å². The lowest BCUT2D eigenvalue weighted by atomic mass is 10.0. The Kier molecular flexibility index (Phi) is 3.33. The second-order valence-electron chi connectivity index (χ2n) is 4.52. The summed E-state index contributed by atoms with van der Waals surface area (Å²) in [5.41, 5.74) is -0.112. The van der Waals surface area contributed by atoms with E-state index in [1.807, 2.05) is 0 Å². The molecule has 5 heteroatoms. The van der Waals surface area contributed by atoms with E-state index in [-0.39, 0.29) is 5.56 Å². The zero-order chi connectivity index (χ0) is 11.7. The number of nitrogens with zero attached hydrogens (tertiary/aromatic N) is 2. The number of H-pyrrole nitrogens is 1. The van der Waals surface area contributed by atoms with Gasteiger partial charge >= 0.3 is 0 Å². The molecule has 88 valence electrons. The summed E-state index contributed by atoms with van der Waals surface area (Å²) >= 11 is 3.32. The van der Waals surface area contributed by atoms with E-state index in [2.05, 4.69) is 44.6 Å². The average Bonchev–Trinajstić information content (AvgIpc) is 2.70. The van der Waals surface area contributed by atoms with Gasteiger partial charge in [-0.15, -0.1) is 0 Å². The van der Waals surface area contributed by atoms with Gasteiger partial charge in [-0.05, 0) is 34.7 Å². The van der Waals surface area contributed by atoms with Gasteiger partial charge in [0.15, 0.2) is 5.82 Å². The van der Waals surface area contributed by atoms with Gasteiger partial charge in [0, 0.05) is 12.6 Å². The highest BCUT2D eigenvalue weighted by atomic mass is 79.9. The molecule has 0 aromatic carbocycles. The maximum atomic E-state index is 11.5. The van der Waals surface area contributed by atoms with Crippen LogP contribution in [0, 0.1) is 5.92 Å². The van der Waals surface area contributed by atoms with Crippen LogP contribution in [-0.2, 0) is 0 Å². The molecule has 1 atom stereocenters. The largest absolute Gasteiger partial charge is 0.352 e. The quantitative estimate of drug-likeness (QED) is 0.906. The molecule has 2 heterocycles. The summed E-state index contributed by atoms with van der Waals surface area (Å²) in [5, 5.41) is 0. The van der Waals surface area contributed by atoms with E-state index in [1.165, 1.54) is 19.2 Å². The highest BCUT2D eigenvalue weighted by Crippen LogP contribution is 2.30. The minimum absolute atomic E-state index is 0.112. The number of hydrogen-bond acceptors (Lipinski definition) is 3. The van der Waals surface area contributed by atoms with Gasteiger partial charge < -0.3 is 9.88 Å². The monoisotopic (exact) mass is 285 g/mol. The summed E-state index contributed by atoms with van der Waals surface area (Å²) in [6, 6.07) is 0.491. The minimum atomic E-state index is -0.112. The zero-order valence-electron chi connectivity index (χ0n) is 9.53. The molecule has 1 N–H and O–H groups in total. The van der Waals surface area contributed by atoms with Crippen molar-refractivity contribution in [3.05, 3.63) is 21.2 Å². The smallest absolute Gasteiger partial charge is 0.267 e. The van der Waals surface area contributed by atoms with Crippen molar-refractivity contribution in [2.45, 2.75) is 32.7 Å². The number of halogens is 1. The van der Waals surface area contributed by atoms with E-state index in [9.17, 15) is 4.79 Å². The standard InChI is InChI=1S/C11H16BrN3O/c1-7(2)8-4-3-5-15(8)10-9(12)11(16)14-6-13-10/h6-8H,3-5H2,1-2H3,(H,13,14,16). The van der Waals surface area contributed by atoms with E-state index >= 15 is 0 Å². The van der Waals surface area contributed by atoms with Crippen molar-refractivity contribution in [2.75, 3.05) is 11.4 Å². The Morgan fingerprint density at radius 1 is 1.62 bits per heavy atom. The van der Waals surface area contributed by atoms with Crippen LogP contribution >= 0.6 is 15.9 Å². The average molecular weight is 286 g/mol. The third-order valence-corrected chi connectivity index (χ3v) is 3.83. The van der Waals surface area contributed by atoms with Gasteiger partial charge in [0.25, 0.3) is 5.56 Å². The lowest BCUT2D eigenvalue weighted by Gasteiger charge is -2.28. The third kappa shape index (κ3) is 2.00. The number of aromatic nitrogens is 2. The van der Waals surface area contributed by atoms with Crippen LogP contribution in [0.2, 0.25) is 0 Å². The van der Waals surface area contributed by atoms with Crippen LogP contribution in [0.3, 0.4) is 0 Å². The Morgan fingerprint density at radius 3 is 3.06 bits per heavy atom. The normalized spacial score (nSPS) is 20.8. The Balaban J connectivity index is 2.36. The molecule has 16 heavy (non-hydrogen) atoms. The molecule has 0 spiro atoms. The molecule has 0 radical (unpaired) electrons. The molecule has 1 aliphatic heterocycles. The summed E-state index contributed by atoms with van der Waals surface area (Å²) in [6.07, 6.45) is 3.82. The third-order valence-electron chi connectivity index (χ3n) is 3.12. The Hall–Kier alpha value is -0.840. The summed E-state index contributed by atoms with van der Waals surface area (Å²) in [6.45, 7) is 5.41. The van der Waals surface area contributed by atoms with Gasteiger partial charge in [0.1, 0.15) is 4.47 Å². The number of hydrogen-bond donors (Lipinski definition) is 1. The van der Waals surface area contributed by atoms with E-state index < -0.39 is 0 Å². The number of aromatic amines is 1. The predicted molar refractivity (Wildman–Crippen MR) is 67.8 cm³/mol. The van der Waals surface area contributed by atoms with Gasteiger partial charge in [0.05, 0.1) is 6.33 Å². The topological polar surface area (TPSA) is 49.0 Å². The van der Waals surface area contributed by atoms with E-state index in [0.29, 0.717) is 16.4 Å². The SMILES string of the molecule is CC(C)C1CCCN1c1nc[nH]c(=O)c1Br. The van der Waals surface area contributed by atoms with Crippen molar-refractivity contribution >= 4 is 21.7 Å². The van der Waals surface area contributed by atoms with Crippen LogP contribution in [0.1, 0.15) is 26.7 Å². The van der Waals surface area contributed by atoms with Crippen molar-refractivity contribution in [1.29, 1.82) is 0 Å². The minimum Gasteiger partial charge on any atom is -0.352 e. The molecule has 0 aliphatic carbocycles. The van der Waals surface area contributed by atoms with Crippen LogP contribution in [0.5, 0.6) is 0 Å². The highest BCUT2D eigenvalue weighted by molar-refractivity contribution is 9.10. The summed E-state index contributed by atoms with van der Waals surface area (Å²) < 4.78 is 0.544. The van der Waals surface area contributed by atoms with Crippen LogP contribution in [0.25, 0.3) is 0 Å². The molecule has 1 saturated heterocycles. The molecule has 0 saturated carbocycles. The van der Waals surface area contributed by atoms with Crippen molar-refractivity contribution < 1.29 is 0 Å². The summed E-state index contributed by atoms with van der Waals surface area (Å²) in [5.74, 6) is 1.36. The first-order valence-corrected chi connectivity index (χ1v) is 6.40. The zero-order valence-corrected chi connectivity index (χ0v) is 11.1. The molecule has 0 amide bonds. The lowest BCUT2D eigenvalue weighted by Crippen LogP contribution is -2.35. The Bertz CT molecular complexity index is 429. The van der Waals surface area contributed by atoms with Gasteiger partial charge in [-0.3, -0.25) is 4.79 Å². The first-order valence-electron chi connectivity index (χ1n) is 5.61. The van der Waals surface area contributed by atoms with Crippen molar-refractivity contribution in [1.82, 2.24) is 9.97 Å². The lowest BCUT2D eigenvalue weighted by molar-refractivity contribution is 0.489. The molecular formula is C11H16BrN3O. The van der Waals surface area contributed by atoms with Gasteiger partial charge in [-0.2, -0.15) is 0 Å². The molecule has 1 unspecified atom stereocenters. The number of nitrogens with one attached hydrogen (secondary N) is 1. The fourth-order valence-electron chi connectivity index (χ4n) is 2.32. The molecule has 4 nitrogen and oxygen atoms in total. The number of anilines is 1. The summed E-state index contributed by atoms with van der Waals surface area (Å²) in [4.78, 5) is 20.6. The molecule has 1 aliphatic rings. The van der Waals surface area contributed by atoms with Crippen molar-refractivity contribution in [3.63, 3.8) is 0 Å². The van der Waals surface area contributed by atoms with E-state index in [0.717, 1.165) is 12.4 Å². The predicted octanol–water partition coefficient (Wildman–Crippen LogP) is 2.16. The van der Waals surface area contributed by atoms with Crippen LogP contribution in [0.15, 0.2) is 15.6 Å².